The highest BCUT2D eigenvalue weighted by Crippen LogP contribution is 2.03. The van der Waals surface area contributed by atoms with Gasteiger partial charge in [0.1, 0.15) is 0 Å². The molecule has 12 heavy (non-hydrogen) atoms. The van der Waals surface area contributed by atoms with Gasteiger partial charge in [0, 0.05) is 5.56 Å². The van der Waals surface area contributed by atoms with E-state index in [-0.39, 0.29) is 0 Å². The van der Waals surface area contributed by atoms with E-state index >= 15 is 0 Å². The van der Waals surface area contributed by atoms with Crippen LogP contribution in [0, 0.1) is 17.3 Å². The van der Waals surface area contributed by atoms with Crippen molar-refractivity contribution in [2.75, 3.05) is 6.54 Å². The van der Waals surface area contributed by atoms with E-state index in [1.165, 1.54) is 0 Å². The lowest BCUT2D eigenvalue weighted by atomic mass is 10.1. The summed E-state index contributed by atoms with van der Waals surface area (Å²) in [7, 11) is 0. The van der Waals surface area contributed by atoms with E-state index in [9.17, 15) is 4.91 Å². The Bertz CT molecular complexity index is 295. The smallest absolute Gasteiger partial charge is 0.0851 e. The van der Waals surface area contributed by atoms with Crippen LogP contribution in [0.5, 0.6) is 0 Å². The molecule has 0 saturated carbocycles. The topological polar surface area (TPSA) is 29.4 Å². The summed E-state index contributed by atoms with van der Waals surface area (Å²) < 4.78 is 0. The third-order valence-electron chi connectivity index (χ3n) is 1.61. The highest BCUT2D eigenvalue weighted by molar-refractivity contribution is 5.34. The van der Waals surface area contributed by atoms with Crippen LogP contribution in [0.15, 0.2) is 29.4 Å². The van der Waals surface area contributed by atoms with E-state index < -0.39 is 0 Å². The average molecular weight is 159 g/mol. The number of nitrogens with zero attached hydrogens (tertiary/aromatic N) is 1. The molecule has 0 aliphatic heterocycles. The monoisotopic (exact) mass is 159 g/mol. The van der Waals surface area contributed by atoms with Crippen molar-refractivity contribution in [1.29, 1.82) is 0 Å². The fraction of sp³-hybridized carbons (Fsp3) is 0.200. The molecule has 0 unspecified atom stereocenters. The van der Waals surface area contributed by atoms with Crippen molar-refractivity contribution in [2.45, 2.75) is 6.42 Å². The summed E-state index contributed by atoms with van der Waals surface area (Å²) in [5, 5.41) is 2.78. The lowest BCUT2D eigenvalue weighted by Gasteiger charge is -1.96. The molecule has 0 fully saturated rings. The third-order valence-corrected chi connectivity index (χ3v) is 1.61. The van der Waals surface area contributed by atoms with Gasteiger partial charge in [-0.1, -0.05) is 23.2 Å². The predicted octanol–water partition coefficient (Wildman–Crippen LogP) is 1.98. The quantitative estimate of drug-likeness (QED) is 0.489. The molecule has 0 radical (unpaired) electrons. The maximum atomic E-state index is 9.82. The summed E-state index contributed by atoms with van der Waals surface area (Å²) in [5.74, 6) is 2.53. The molecule has 0 atom stereocenters. The largest absolute Gasteiger partial charge is 0.151 e. The number of hydrogen-bond donors (Lipinski definition) is 0. The molecule has 2 heteroatoms. The Labute approximate surface area is 71.6 Å². The van der Waals surface area contributed by atoms with Crippen LogP contribution < -0.4 is 0 Å². The second-order valence-corrected chi connectivity index (χ2v) is 2.44. The predicted molar refractivity (Wildman–Crippen MR) is 48.7 cm³/mol. The maximum Gasteiger partial charge on any atom is 0.0851 e. The molecular formula is C10H9NO. The summed E-state index contributed by atoms with van der Waals surface area (Å²) >= 11 is 0. The summed E-state index contributed by atoms with van der Waals surface area (Å²) in [6.07, 6.45) is 5.87. The van der Waals surface area contributed by atoms with E-state index in [1.54, 1.807) is 0 Å². The van der Waals surface area contributed by atoms with E-state index in [0.29, 0.717) is 13.0 Å². The third kappa shape index (κ3) is 2.21. The molecule has 0 aliphatic carbocycles. The molecule has 2 nitrogen and oxygen atoms in total. The van der Waals surface area contributed by atoms with Gasteiger partial charge in [-0.3, -0.25) is 0 Å². The fourth-order valence-electron chi connectivity index (χ4n) is 0.942. The van der Waals surface area contributed by atoms with E-state index in [1.807, 2.05) is 24.3 Å². The van der Waals surface area contributed by atoms with Gasteiger partial charge in [-0.05, 0) is 24.1 Å². The van der Waals surface area contributed by atoms with Crippen LogP contribution in [0.25, 0.3) is 0 Å². The summed E-state index contributed by atoms with van der Waals surface area (Å²) in [4.78, 5) is 9.82. The second-order valence-electron chi connectivity index (χ2n) is 2.44. The first-order chi connectivity index (χ1) is 5.86. The fourth-order valence-corrected chi connectivity index (χ4v) is 0.942. The van der Waals surface area contributed by atoms with Crippen molar-refractivity contribution in [3.8, 4) is 12.3 Å². The Kier molecular flexibility index (Phi) is 3.04. The van der Waals surface area contributed by atoms with Crippen molar-refractivity contribution in [3.05, 3.63) is 40.3 Å². The zero-order valence-electron chi connectivity index (χ0n) is 6.66. The maximum absolute atomic E-state index is 9.82. The van der Waals surface area contributed by atoms with Crippen LogP contribution in [0.1, 0.15) is 11.1 Å². The van der Waals surface area contributed by atoms with Crippen molar-refractivity contribution in [3.63, 3.8) is 0 Å². The molecule has 1 rings (SSSR count). The van der Waals surface area contributed by atoms with Gasteiger partial charge in [0.2, 0.25) is 0 Å². The molecule has 1 aromatic carbocycles. The van der Waals surface area contributed by atoms with Crippen LogP contribution in [0.4, 0.5) is 0 Å². The Balaban J connectivity index is 2.66. The minimum Gasteiger partial charge on any atom is -0.151 e. The van der Waals surface area contributed by atoms with E-state index in [0.717, 1.165) is 11.1 Å². The molecule has 0 aliphatic rings. The van der Waals surface area contributed by atoms with Crippen molar-refractivity contribution < 1.29 is 0 Å². The number of hydrogen-bond acceptors (Lipinski definition) is 2. The normalized spacial score (nSPS) is 8.92. The van der Waals surface area contributed by atoms with E-state index in [2.05, 4.69) is 11.1 Å². The van der Waals surface area contributed by atoms with Gasteiger partial charge in [-0.2, -0.15) is 4.91 Å². The van der Waals surface area contributed by atoms with Crippen LogP contribution in [-0.2, 0) is 6.42 Å². The lowest BCUT2D eigenvalue weighted by Crippen LogP contribution is -1.87. The molecule has 0 bridgehead atoms. The minimum atomic E-state index is 0.329. The molecule has 0 amide bonds. The SMILES string of the molecule is C#Cc1ccc(CCN=O)cc1. The van der Waals surface area contributed by atoms with Gasteiger partial charge in [0.15, 0.2) is 0 Å². The Morgan fingerprint density at radius 2 is 2.00 bits per heavy atom. The molecule has 1 aromatic rings. The number of terminal acetylenes is 1. The van der Waals surface area contributed by atoms with Crippen molar-refractivity contribution >= 4 is 0 Å². The number of nitroso groups, excluding NO2 is 1. The first kappa shape index (κ1) is 8.48. The summed E-state index contributed by atoms with van der Waals surface area (Å²) in [5.41, 5.74) is 1.95. The highest BCUT2D eigenvalue weighted by atomic mass is 16.3. The standard InChI is InChI=1S/C10H9NO/c1-2-9-3-5-10(6-4-9)7-8-11-12/h1,3-6H,7-8H2. The number of benzene rings is 1. The van der Waals surface area contributed by atoms with Gasteiger partial charge in [-0.25, -0.2) is 0 Å². The van der Waals surface area contributed by atoms with Gasteiger partial charge in [0.05, 0.1) is 6.54 Å². The zero-order chi connectivity index (χ0) is 8.81. The second kappa shape index (κ2) is 4.30. The first-order valence-electron chi connectivity index (χ1n) is 3.71. The lowest BCUT2D eigenvalue weighted by molar-refractivity contribution is 0.960. The average Bonchev–Trinajstić information content (AvgIpc) is 2.15. The van der Waals surface area contributed by atoms with Gasteiger partial charge in [0.25, 0.3) is 0 Å². The van der Waals surface area contributed by atoms with E-state index in [4.69, 9.17) is 6.42 Å². The summed E-state index contributed by atoms with van der Waals surface area (Å²) in [6, 6.07) is 7.56. The Morgan fingerprint density at radius 3 is 2.50 bits per heavy atom. The molecule has 0 saturated heterocycles. The van der Waals surface area contributed by atoms with Crippen molar-refractivity contribution in [2.24, 2.45) is 5.18 Å². The molecule has 0 spiro atoms. The molecule has 0 aromatic heterocycles. The first-order valence-corrected chi connectivity index (χ1v) is 3.71. The molecule has 0 N–H and O–H groups in total. The molecule has 0 heterocycles. The van der Waals surface area contributed by atoms with Gasteiger partial charge in [-0.15, -0.1) is 6.42 Å². The van der Waals surface area contributed by atoms with Gasteiger partial charge >= 0.3 is 0 Å². The van der Waals surface area contributed by atoms with Crippen LogP contribution >= 0.6 is 0 Å². The van der Waals surface area contributed by atoms with Crippen LogP contribution in [0.2, 0.25) is 0 Å². The minimum absolute atomic E-state index is 0.329. The summed E-state index contributed by atoms with van der Waals surface area (Å²) in [6.45, 7) is 0.329. The van der Waals surface area contributed by atoms with Crippen LogP contribution in [0.3, 0.4) is 0 Å². The highest BCUT2D eigenvalue weighted by Gasteiger charge is 1.91. The van der Waals surface area contributed by atoms with Gasteiger partial charge < -0.3 is 0 Å². The Hall–Kier alpha value is -1.62. The zero-order valence-corrected chi connectivity index (χ0v) is 6.66. The van der Waals surface area contributed by atoms with Crippen molar-refractivity contribution in [1.82, 2.24) is 0 Å². The van der Waals surface area contributed by atoms with Crippen LogP contribution in [-0.4, -0.2) is 6.54 Å². The Morgan fingerprint density at radius 1 is 1.33 bits per heavy atom. The molecular weight excluding hydrogens is 150 g/mol. The molecule has 60 valence electrons. The number of rotatable bonds is 3.